The molecular weight excluding hydrogens is 618 g/mol. The second-order valence-electron chi connectivity index (χ2n) is 12.2. The number of nitrogens with one attached hydrogen (secondary N) is 2. The lowest BCUT2D eigenvalue weighted by atomic mass is 10.0. The molecule has 0 fully saturated rings. The predicted octanol–water partition coefficient (Wildman–Crippen LogP) is 8.65. The third kappa shape index (κ3) is 9.37. The Balaban J connectivity index is 1.18. The van der Waals surface area contributed by atoms with Gasteiger partial charge < -0.3 is 10.6 Å². The summed E-state index contributed by atoms with van der Waals surface area (Å²) in [5.41, 5.74) is 4.07. The third-order valence-electron chi connectivity index (χ3n) is 8.97. The zero-order valence-electron chi connectivity index (χ0n) is 27.8. The molecule has 2 nitrogen and oxygen atoms in total. The first-order chi connectivity index (χ1) is 23.8. The fourth-order valence-electron chi connectivity index (χ4n) is 6.26. The van der Waals surface area contributed by atoms with Crippen LogP contribution in [0.2, 0.25) is 0 Å². The standard InChI is InChI=1S/C44H46N2P2/c1-2-39(34-47(40-24-10-4-11-25-40)41-26-12-5-13-27-41)45-32-37-22-18-19-23-38(37)33-46-44(36-20-8-3-9-21-36)35-48(42-28-14-6-15-29-42)43-30-16-7-17-31-43/h3-31,39,44-46H,2,32-35H2,1H3/t39-,44+/m0/s1. The van der Waals surface area contributed by atoms with E-state index in [2.05, 4.69) is 193 Å². The number of hydrogen-bond donors (Lipinski definition) is 2. The molecule has 0 saturated heterocycles. The number of hydrogen-bond acceptors (Lipinski definition) is 2. The highest BCUT2D eigenvalue weighted by Gasteiger charge is 2.22. The molecule has 242 valence electrons. The average molecular weight is 665 g/mol. The van der Waals surface area contributed by atoms with Gasteiger partial charge in [-0.2, -0.15) is 0 Å². The molecule has 0 aliphatic heterocycles. The van der Waals surface area contributed by atoms with E-state index < -0.39 is 15.8 Å². The molecule has 2 N–H and O–H groups in total. The maximum absolute atomic E-state index is 4.03. The smallest absolute Gasteiger partial charge is 0.0368 e. The van der Waals surface area contributed by atoms with Gasteiger partial charge in [0.15, 0.2) is 0 Å². The molecule has 0 heterocycles. The molecule has 0 aliphatic carbocycles. The van der Waals surface area contributed by atoms with Crippen LogP contribution in [-0.2, 0) is 13.1 Å². The van der Waals surface area contributed by atoms with Gasteiger partial charge in [0.2, 0.25) is 0 Å². The maximum Gasteiger partial charge on any atom is 0.0368 e. The summed E-state index contributed by atoms with van der Waals surface area (Å²) >= 11 is 0. The Morgan fingerprint density at radius 1 is 0.417 bits per heavy atom. The molecule has 6 aromatic carbocycles. The van der Waals surface area contributed by atoms with Gasteiger partial charge in [-0.3, -0.25) is 0 Å². The van der Waals surface area contributed by atoms with Crippen LogP contribution in [0.15, 0.2) is 176 Å². The van der Waals surface area contributed by atoms with Gasteiger partial charge in [0.05, 0.1) is 0 Å². The van der Waals surface area contributed by atoms with E-state index in [0.717, 1.165) is 31.8 Å². The lowest BCUT2D eigenvalue weighted by molar-refractivity contribution is 0.532. The van der Waals surface area contributed by atoms with Gasteiger partial charge >= 0.3 is 0 Å². The van der Waals surface area contributed by atoms with Crippen LogP contribution in [0.25, 0.3) is 0 Å². The topological polar surface area (TPSA) is 24.1 Å². The van der Waals surface area contributed by atoms with Crippen molar-refractivity contribution in [2.75, 3.05) is 12.3 Å². The summed E-state index contributed by atoms with van der Waals surface area (Å²) < 4.78 is 0. The molecule has 0 aromatic heterocycles. The van der Waals surface area contributed by atoms with Crippen molar-refractivity contribution in [3.8, 4) is 0 Å². The van der Waals surface area contributed by atoms with Gasteiger partial charge in [0.1, 0.15) is 0 Å². The zero-order chi connectivity index (χ0) is 32.8. The summed E-state index contributed by atoms with van der Waals surface area (Å²) in [6.45, 7) is 4.00. The Bertz CT molecular complexity index is 1690. The van der Waals surface area contributed by atoms with Crippen molar-refractivity contribution in [3.63, 3.8) is 0 Å². The van der Waals surface area contributed by atoms with Crippen LogP contribution < -0.4 is 31.9 Å². The minimum Gasteiger partial charge on any atom is -0.310 e. The molecular formula is C44H46N2P2. The summed E-state index contributed by atoms with van der Waals surface area (Å²) in [5.74, 6) is 0. The van der Waals surface area contributed by atoms with E-state index in [-0.39, 0.29) is 6.04 Å². The second-order valence-corrected chi connectivity index (χ2v) is 16.7. The predicted molar refractivity (Wildman–Crippen MR) is 211 cm³/mol. The van der Waals surface area contributed by atoms with Crippen LogP contribution in [0.5, 0.6) is 0 Å². The van der Waals surface area contributed by atoms with Crippen molar-refractivity contribution in [2.45, 2.75) is 38.5 Å². The fraction of sp³-hybridized carbons (Fsp3) is 0.182. The zero-order valence-corrected chi connectivity index (χ0v) is 29.6. The van der Waals surface area contributed by atoms with Crippen LogP contribution in [0.3, 0.4) is 0 Å². The first-order valence-corrected chi connectivity index (χ1v) is 20.2. The molecule has 4 heteroatoms. The molecule has 48 heavy (non-hydrogen) atoms. The Kier molecular flexibility index (Phi) is 12.8. The van der Waals surface area contributed by atoms with E-state index in [4.69, 9.17) is 0 Å². The van der Waals surface area contributed by atoms with E-state index in [0.29, 0.717) is 6.04 Å². The molecule has 0 radical (unpaired) electrons. The Labute approximate surface area is 290 Å². The molecule has 6 aromatic rings. The Morgan fingerprint density at radius 3 is 1.19 bits per heavy atom. The molecule has 0 bridgehead atoms. The summed E-state index contributed by atoms with van der Waals surface area (Å²) in [6, 6.07) is 64.9. The van der Waals surface area contributed by atoms with E-state index in [1.807, 2.05) is 0 Å². The van der Waals surface area contributed by atoms with E-state index in [9.17, 15) is 0 Å². The molecule has 0 spiro atoms. The number of rotatable bonds is 16. The monoisotopic (exact) mass is 664 g/mol. The number of benzene rings is 6. The Hall–Kier alpha value is -3.90. The minimum atomic E-state index is -0.540. The van der Waals surface area contributed by atoms with Crippen LogP contribution in [0.1, 0.15) is 36.1 Å². The summed E-state index contributed by atoms with van der Waals surface area (Å²) in [5, 5.41) is 13.7. The van der Waals surface area contributed by atoms with Gasteiger partial charge in [0, 0.05) is 25.2 Å². The van der Waals surface area contributed by atoms with Crippen molar-refractivity contribution in [3.05, 3.63) is 193 Å². The molecule has 2 atom stereocenters. The Morgan fingerprint density at radius 2 is 0.771 bits per heavy atom. The minimum absolute atomic E-state index is 0.224. The highest BCUT2D eigenvalue weighted by molar-refractivity contribution is 7.73. The first kappa shape index (κ1) is 34.0. The largest absolute Gasteiger partial charge is 0.310 e. The summed E-state index contributed by atoms with van der Waals surface area (Å²) in [4.78, 5) is 0. The molecule has 0 aliphatic rings. The van der Waals surface area contributed by atoms with Gasteiger partial charge in [-0.15, -0.1) is 0 Å². The van der Waals surface area contributed by atoms with Gasteiger partial charge in [-0.05, 0) is 72.5 Å². The fourth-order valence-corrected chi connectivity index (χ4v) is 11.4. The van der Waals surface area contributed by atoms with Crippen molar-refractivity contribution in [1.29, 1.82) is 0 Å². The van der Waals surface area contributed by atoms with Crippen molar-refractivity contribution in [1.82, 2.24) is 10.6 Å². The SMILES string of the molecule is CC[C@@H](CP(c1ccccc1)c1ccccc1)NCc1ccccc1CN[C@H](CP(c1ccccc1)c1ccccc1)c1ccccc1. The lowest BCUT2D eigenvalue weighted by Gasteiger charge is -2.27. The second kappa shape index (κ2) is 18.0. The summed E-state index contributed by atoms with van der Waals surface area (Å²) in [7, 11) is -0.986. The van der Waals surface area contributed by atoms with E-state index >= 15 is 0 Å². The van der Waals surface area contributed by atoms with Crippen molar-refractivity contribution < 1.29 is 0 Å². The first-order valence-electron chi connectivity index (χ1n) is 17.1. The van der Waals surface area contributed by atoms with Gasteiger partial charge in [-0.25, -0.2) is 0 Å². The van der Waals surface area contributed by atoms with Crippen molar-refractivity contribution in [2.24, 2.45) is 0 Å². The molecule has 0 amide bonds. The third-order valence-corrected chi connectivity index (χ3v) is 14.2. The highest BCUT2D eigenvalue weighted by Crippen LogP contribution is 2.38. The van der Waals surface area contributed by atoms with Gasteiger partial charge in [0.25, 0.3) is 0 Å². The molecule has 0 saturated carbocycles. The van der Waals surface area contributed by atoms with Crippen LogP contribution in [-0.4, -0.2) is 18.4 Å². The van der Waals surface area contributed by atoms with Crippen LogP contribution in [0.4, 0.5) is 0 Å². The quantitative estimate of drug-likeness (QED) is 0.101. The van der Waals surface area contributed by atoms with Crippen molar-refractivity contribution >= 4 is 37.1 Å². The molecule has 6 rings (SSSR count). The van der Waals surface area contributed by atoms with Crippen LogP contribution >= 0.6 is 15.8 Å². The lowest BCUT2D eigenvalue weighted by Crippen LogP contribution is -2.34. The highest BCUT2D eigenvalue weighted by atomic mass is 31.1. The normalized spacial score (nSPS) is 12.6. The van der Waals surface area contributed by atoms with Gasteiger partial charge in [-0.1, -0.05) is 183 Å². The summed E-state index contributed by atoms with van der Waals surface area (Å²) in [6.07, 6.45) is 3.25. The maximum atomic E-state index is 4.03. The average Bonchev–Trinajstić information content (AvgIpc) is 3.17. The molecule has 0 unspecified atom stereocenters. The van der Waals surface area contributed by atoms with E-state index in [1.165, 1.54) is 37.9 Å². The van der Waals surface area contributed by atoms with E-state index in [1.54, 1.807) is 0 Å². The van der Waals surface area contributed by atoms with Crippen LogP contribution in [0, 0.1) is 0 Å².